The lowest BCUT2D eigenvalue weighted by atomic mass is 9.52. The molecule has 6 heteroatoms. The molecule has 1 aliphatic heterocycles. The maximum atomic E-state index is 13.2. The van der Waals surface area contributed by atoms with Gasteiger partial charge in [-0.2, -0.15) is 13.2 Å². The molecule has 3 nitrogen and oxygen atoms in total. The third kappa shape index (κ3) is 4.10. The highest BCUT2D eigenvalue weighted by Crippen LogP contribution is 2.82. The molecule has 4 aliphatic rings. The van der Waals surface area contributed by atoms with Crippen molar-refractivity contribution in [1.82, 2.24) is 4.90 Å². The van der Waals surface area contributed by atoms with Crippen LogP contribution in [0.15, 0.2) is 109 Å². The lowest BCUT2D eigenvalue weighted by Crippen LogP contribution is -2.47. The number of nitrogens with zero attached hydrogens (tertiary/aromatic N) is 1. The number of halogens is 3. The summed E-state index contributed by atoms with van der Waals surface area (Å²) in [6, 6.07) is 35.1. The molecule has 3 aliphatic carbocycles. The van der Waals surface area contributed by atoms with Crippen molar-refractivity contribution >= 4 is 5.97 Å². The molecule has 0 N–H and O–H groups in total. The van der Waals surface area contributed by atoms with E-state index in [1.807, 2.05) is 18.2 Å². The number of hydrogen-bond acceptors (Lipinski definition) is 3. The Labute approximate surface area is 243 Å². The molecule has 0 radical (unpaired) electrons. The van der Waals surface area contributed by atoms with Crippen molar-refractivity contribution in [3.05, 3.63) is 143 Å². The zero-order valence-corrected chi connectivity index (χ0v) is 23.4. The smallest absolute Gasteiger partial charge is 0.416 e. The molecule has 214 valence electrons. The molecule has 42 heavy (non-hydrogen) atoms. The fourth-order valence-electron chi connectivity index (χ4n) is 8.75. The predicted molar refractivity (Wildman–Crippen MR) is 155 cm³/mol. The lowest BCUT2D eigenvalue weighted by Gasteiger charge is -2.53. The summed E-state index contributed by atoms with van der Waals surface area (Å²) in [7, 11) is 1.40. The standard InChI is InChI=1S/C36H32F3NO2/c1-42-33(41)27-14-18-28(19-15-27)34-22-35(23-34)30(31(34)25-8-4-2-5-9-25)21-40(32(35)26-10-6-3-7-11-26)20-24-12-16-29(17-13-24)36(37,38)39/h2-19,30-32H,20-23H2,1H3/t30-,31?,32-,34?,35?/m1/s1. The van der Waals surface area contributed by atoms with E-state index in [4.69, 9.17) is 4.74 Å². The molecule has 4 aromatic carbocycles. The zero-order valence-electron chi connectivity index (χ0n) is 23.4. The van der Waals surface area contributed by atoms with Gasteiger partial charge in [0.05, 0.1) is 18.2 Å². The molecule has 1 spiro atoms. The summed E-state index contributed by atoms with van der Waals surface area (Å²) in [5.41, 5.74) is 4.64. The van der Waals surface area contributed by atoms with Gasteiger partial charge in [0.25, 0.3) is 0 Å². The second-order valence-electron chi connectivity index (χ2n) is 12.2. The number of likely N-dealkylation sites (tertiary alicyclic amines) is 1. The topological polar surface area (TPSA) is 29.5 Å². The average Bonchev–Trinajstić information content (AvgIpc) is 3.56. The molecule has 1 unspecified atom stereocenters. The average molecular weight is 568 g/mol. The van der Waals surface area contributed by atoms with Gasteiger partial charge in [-0.3, -0.25) is 4.90 Å². The molecule has 8 rings (SSSR count). The van der Waals surface area contributed by atoms with Gasteiger partial charge in [0.1, 0.15) is 0 Å². The van der Waals surface area contributed by atoms with E-state index in [1.54, 1.807) is 12.1 Å². The van der Waals surface area contributed by atoms with Gasteiger partial charge in [0, 0.05) is 24.5 Å². The van der Waals surface area contributed by atoms with Crippen LogP contribution in [0, 0.1) is 11.3 Å². The van der Waals surface area contributed by atoms with Crippen LogP contribution in [0.25, 0.3) is 0 Å². The molecule has 4 aromatic rings. The van der Waals surface area contributed by atoms with Crippen LogP contribution in [-0.2, 0) is 22.9 Å². The lowest BCUT2D eigenvalue weighted by molar-refractivity contribution is -0.137. The van der Waals surface area contributed by atoms with E-state index in [0.717, 1.165) is 24.9 Å². The first-order valence-electron chi connectivity index (χ1n) is 14.4. The van der Waals surface area contributed by atoms with Gasteiger partial charge in [-0.1, -0.05) is 84.9 Å². The van der Waals surface area contributed by atoms with Crippen LogP contribution in [0.2, 0.25) is 0 Å². The van der Waals surface area contributed by atoms with Crippen LogP contribution in [0.4, 0.5) is 13.2 Å². The molecule has 3 atom stereocenters. The van der Waals surface area contributed by atoms with Crippen LogP contribution in [0.5, 0.6) is 0 Å². The molecular formula is C36H32F3NO2. The molecule has 0 aromatic heterocycles. The maximum absolute atomic E-state index is 13.2. The maximum Gasteiger partial charge on any atom is 0.416 e. The minimum atomic E-state index is -4.35. The summed E-state index contributed by atoms with van der Waals surface area (Å²) in [6.45, 7) is 1.46. The predicted octanol–water partition coefficient (Wildman–Crippen LogP) is 8.18. The van der Waals surface area contributed by atoms with Crippen molar-refractivity contribution in [2.24, 2.45) is 11.3 Å². The van der Waals surface area contributed by atoms with Crippen LogP contribution in [-0.4, -0.2) is 24.5 Å². The molecule has 2 bridgehead atoms. The number of benzene rings is 4. The number of esters is 1. The Hall–Kier alpha value is -3.90. The highest BCUT2D eigenvalue weighted by atomic mass is 19.4. The SMILES string of the molecule is COC(=O)c1ccc(C23CC4(C2)[C@H](CN(Cc2ccc(C(F)(F)F)cc2)[C@@H]4c2ccccc2)C3c2ccccc2)cc1. The van der Waals surface area contributed by atoms with Gasteiger partial charge in [-0.05, 0) is 76.6 Å². The first kappa shape index (κ1) is 27.0. The Kier molecular flexibility index (Phi) is 6.32. The number of alkyl halides is 3. The van der Waals surface area contributed by atoms with E-state index in [0.29, 0.717) is 18.0 Å². The van der Waals surface area contributed by atoms with E-state index in [1.165, 1.54) is 35.9 Å². The van der Waals surface area contributed by atoms with E-state index < -0.39 is 11.7 Å². The van der Waals surface area contributed by atoms with Gasteiger partial charge < -0.3 is 4.74 Å². The van der Waals surface area contributed by atoms with Crippen molar-refractivity contribution in [2.75, 3.05) is 13.7 Å². The van der Waals surface area contributed by atoms with Crippen molar-refractivity contribution < 1.29 is 22.7 Å². The Balaban J connectivity index is 1.29. The number of methoxy groups -OCH3 is 1. The Morgan fingerprint density at radius 3 is 2.00 bits per heavy atom. The molecule has 1 heterocycles. The van der Waals surface area contributed by atoms with Gasteiger partial charge in [0.15, 0.2) is 0 Å². The van der Waals surface area contributed by atoms with E-state index in [-0.39, 0.29) is 28.8 Å². The fraction of sp³-hybridized carbons (Fsp3) is 0.306. The minimum absolute atomic E-state index is 0.0365. The Morgan fingerprint density at radius 2 is 1.43 bits per heavy atom. The van der Waals surface area contributed by atoms with Crippen LogP contribution in [0.3, 0.4) is 0 Å². The Morgan fingerprint density at radius 1 is 0.833 bits per heavy atom. The Bertz CT molecular complexity index is 1580. The largest absolute Gasteiger partial charge is 0.465 e. The van der Waals surface area contributed by atoms with Gasteiger partial charge in [-0.15, -0.1) is 0 Å². The van der Waals surface area contributed by atoms with Crippen molar-refractivity contribution in [3.63, 3.8) is 0 Å². The highest BCUT2D eigenvalue weighted by molar-refractivity contribution is 5.89. The van der Waals surface area contributed by atoms with Crippen molar-refractivity contribution in [3.8, 4) is 0 Å². The molecular weight excluding hydrogens is 535 g/mol. The van der Waals surface area contributed by atoms with Gasteiger partial charge in [-0.25, -0.2) is 4.79 Å². The third-order valence-corrected chi connectivity index (χ3v) is 10.2. The van der Waals surface area contributed by atoms with Gasteiger partial charge >= 0.3 is 12.1 Å². The molecule has 3 saturated carbocycles. The number of rotatable bonds is 6. The molecule has 4 fully saturated rings. The van der Waals surface area contributed by atoms with E-state index in [9.17, 15) is 18.0 Å². The summed E-state index contributed by atoms with van der Waals surface area (Å²) in [5, 5.41) is 0. The van der Waals surface area contributed by atoms with Crippen molar-refractivity contribution in [2.45, 2.75) is 42.9 Å². The summed E-state index contributed by atoms with van der Waals surface area (Å²) >= 11 is 0. The fourth-order valence-corrected chi connectivity index (χ4v) is 8.75. The third-order valence-electron chi connectivity index (χ3n) is 10.2. The second-order valence-corrected chi connectivity index (χ2v) is 12.2. The van der Waals surface area contributed by atoms with E-state index >= 15 is 0 Å². The summed E-state index contributed by atoms with van der Waals surface area (Å²) < 4.78 is 44.7. The number of hydrogen-bond donors (Lipinski definition) is 0. The highest BCUT2D eigenvalue weighted by Gasteiger charge is 2.77. The van der Waals surface area contributed by atoms with Crippen molar-refractivity contribution in [1.29, 1.82) is 0 Å². The summed E-state index contributed by atoms with van der Waals surface area (Å²) in [6.07, 6.45) is -2.31. The monoisotopic (exact) mass is 567 g/mol. The first-order chi connectivity index (χ1) is 20.2. The van der Waals surface area contributed by atoms with Crippen LogP contribution < -0.4 is 0 Å². The molecule has 1 saturated heterocycles. The van der Waals surface area contributed by atoms with Crippen LogP contribution >= 0.6 is 0 Å². The number of carbonyl (C=O) groups is 1. The van der Waals surface area contributed by atoms with E-state index in [2.05, 4.69) is 71.6 Å². The minimum Gasteiger partial charge on any atom is -0.465 e. The number of carbonyl (C=O) groups excluding carboxylic acids is 1. The summed E-state index contributed by atoms with van der Waals surface area (Å²) in [5.74, 6) is 0.321. The quantitative estimate of drug-likeness (QED) is 0.220. The number of ether oxygens (including phenoxy) is 1. The second kappa shape index (κ2) is 9.84. The van der Waals surface area contributed by atoms with Crippen LogP contribution in [0.1, 0.15) is 63.0 Å². The zero-order chi connectivity index (χ0) is 29.1. The van der Waals surface area contributed by atoms with Gasteiger partial charge in [0.2, 0.25) is 0 Å². The molecule has 0 amide bonds. The normalized spacial score (nSPS) is 28.2. The summed E-state index contributed by atoms with van der Waals surface area (Å²) in [4.78, 5) is 14.7. The first-order valence-corrected chi connectivity index (χ1v) is 14.4.